The minimum Gasteiger partial charge on any atom is -0.316 e. The summed E-state index contributed by atoms with van der Waals surface area (Å²) in [5, 5.41) is 7.29. The molecular weight excluding hydrogens is 196 g/mol. The molecule has 1 aliphatic heterocycles. The molecule has 1 aliphatic carbocycles. The molecule has 0 radical (unpaired) electrons. The molecule has 94 valence electrons. The second-order valence-electron chi connectivity index (χ2n) is 6.08. The van der Waals surface area contributed by atoms with Crippen molar-refractivity contribution in [3.8, 4) is 0 Å². The third-order valence-electron chi connectivity index (χ3n) is 4.70. The lowest BCUT2D eigenvalue weighted by Gasteiger charge is -2.37. The highest BCUT2D eigenvalue weighted by atomic mass is 14.9. The van der Waals surface area contributed by atoms with E-state index in [0.29, 0.717) is 5.41 Å². The minimum atomic E-state index is 0.543. The molecule has 2 unspecified atom stereocenters. The number of rotatable bonds is 6. The summed E-state index contributed by atoms with van der Waals surface area (Å²) in [5.74, 6) is 1.93. The predicted molar refractivity (Wildman–Crippen MR) is 69.6 cm³/mol. The van der Waals surface area contributed by atoms with Gasteiger partial charge >= 0.3 is 0 Å². The van der Waals surface area contributed by atoms with Crippen LogP contribution in [0.2, 0.25) is 0 Å². The molecule has 2 aliphatic rings. The molecule has 2 rings (SSSR count). The topological polar surface area (TPSA) is 24.1 Å². The lowest BCUT2D eigenvalue weighted by molar-refractivity contribution is 0.189. The van der Waals surface area contributed by atoms with Crippen LogP contribution in [0.3, 0.4) is 0 Å². The first-order valence-corrected chi connectivity index (χ1v) is 7.17. The van der Waals surface area contributed by atoms with Gasteiger partial charge in [-0.05, 0) is 62.4 Å². The van der Waals surface area contributed by atoms with Gasteiger partial charge in [-0.3, -0.25) is 0 Å². The third kappa shape index (κ3) is 3.21. The van der Waals surface area contributed by atoms with Crippen molar-refractivity contribution in [2.75, 3.05) is 26.2 Å². The van der Waals surface area contributed by atoms with Crippen LogP contribution in [0.4, 0.5) is 0 Å². The van der Waals surface area contributed by atoms with E-state index in [0.717, 1.165) is 11.8 Å². The molecule has 1 heterocycles. The zero-order valence-corrected chi connectivity index (χ0v) is 11.0. The van der Waals surface area contributed by atoms with Crippen LogP contribution in [0.5, 0.6) is 0 Å². The zero-order valence-electron chi connectivity index (χ0n) is 11.0. The zero-order chi connectivity index (χ0) is 11.4. The largest absolute Gasteiger partial charge is 0.316 e. The van der Waals surface area contributed by atoms with Crippen LogP contribution in [0.15, 0.2) is 0 Å². The number of piperidine rings is 1. The molecule has 0 spiro atoms. The van der Waals surface area contributed by atoms with Gasteiger partial charge in [0.1, 0.15) is 0 Å². The standard InChI is InChI=1S/C14H28N2/c1-3-14(7-4-8-15-10-14)11-16-9-12(2)13-5-6-13/h12-13,15-16H,3-11H2,1-2H3. The molecule has 2 atom stereocenters. The molecule has 0 bridgehead atoms. The summed E-state index contributed by atoms with van der Waals surface area (Å²) >= 11 is 0. The summed E-state index contributed by atoms with van der Waals surface area (Å²) in [7, 11) is 0. The van der Waals surface area contributed by atoms with Gasteiger partial charge in [0, 0.05) is 13.1 Å². The van der Waals surface area contributed by atoms with Crippen LogP contribution in [0.25, 0.3) is 0 Å². The van der Waals surface area contributed by atoms with E-state index < -0.39 is 0 Å². The van der Waals surface area contributed by atoms with E-state index in [1.165, 1.54) is 58.3 Å². The highest BCUT2D eigenvalue weighted by Gasteiger charge is 2.31. The summed E-state index contributed by atoms with van der Waals surface area (Å²) in [6.07, 6.45) is 7.02. The SMILES string of the molecule is CCC1(CNCC(C)C2CC2)CCCNC1. The maximum Gasteiger partial charge on any atom is 0.00200 e. The van der Waals surface area contributed by atoms with Gasteiger partial charge in [0.05, 0.1) is 0 Å². The van der Waals surface area contributed by atoms with Crippen molar-refractivity contribution >= 4 is 0 Å². The van der Waals surface area contributed by atoms with E-state index in [1.54, 1.807) is 0 Å². The van der Waals surface area contributed by atoms with Crippen LogP contribution >= 0.6 is 0 Å². The Morgan fingerprint density at radius 3 is 2.81 bits per heavy atom. The molecule has 2 heteroatoms. The van der Waals surface area contributed by atoms with Gasteiger partial charge in [0.2, 0.25) is 0 Å². The van der Waals surface area contributed by atoms with E-state index in [2.05, 4.69) is 24.5 Å². The summed E-state index contributed by atoms with van der Waals surface area (Å²) in [6, 6.07) is 0. The molecule has 1 saturated carbocycles. The van der Waals surface area contributed by atoms with Crippen molar-refractivity contribution in [2.24, 2.45) is 17.3 Å². The average Bonchev–Trinajstić information content (AvgIpc) is 3.14. The average molecular weight is 224 g/mol. The summed E-state index contributed by atoms with van der Waals surface area (Å²) < 4.78 is 0. The Labute approximate surface area is 101 Å². The van der Waals surface area contributed by atoms with Crippen molar-refractivity contribution in [3.63, 3.8) is 0 Å². The van der Waals surface area contributed by atoms with E-state index in [-0.39, 0.29) is 0 Å². The second kappa shape index (κ2) is 5.50. The Hall–Kier alpha value is -0.0800. The van der Waals surface area contributed by atoms with E-state index in [4.69, 9.17) is 0 Å². The summed E-state index contributed by atoms with van der Waals surface area (Å²) in [5.41, 5.74) is 0.543. The van der Waals surface area contributed by atoms with Gasteiger partial charge < -0.3 is 10.6 Å². The quantitative estimate of drug-likeness (QED) is 0.724. The smallest absolute Gasteiger partial charge is 0.00200 e. The maximum atomic E-state index is 3.73. The third-order valence-corrected chi connectivity index (χ3v) is 4.70. The molecule has 2 fully saturated rings. The highest BCUT2D eigenvalue weighted by molar-refractivity contribution is 4.87. The Morgan fingerprint density at radius 1 is 1.44 bits per heavy atom. The Morgan fingerprint density at radius 2 is 2.25 bits per heavy atom. The van der Waals surface area contributed by atoms with E-state index in [1.807, 2.05) is 0 Å². The predicted octanol–water partition coefficient (Wildman–Crippen LogP) is 2.40. The Kier molecular flexibility index (Phi) is 4.26. The van der Waals surface area contributed by atoms with Gasteiger partial charge in [-0.2, -0.15) is 0 Å². The van der Waals surface area contributed by atoms with E-state index in [9.17, 15) is 0 Å². The molecule has 1 saturated heterocycles. The molecule has 0 aromatic carbocycles. The first-order chi connectivity index (χ1) is 7.76. The van der Waals surface area contributed by atoms with Gasteiger partial charge in [0.15, 0.2) is 0 Å². The Bertz CT molecular complexity index is 205. The number of nitrogens with one attached hydrogen (secondary N) is 2. The van der Waals surface area contributed by atoms with Crippen LogP contribution in [-0.2, 0) is 0 Å². The molecule has 0 aromatic heterocycles. The molecule has 2 N–H and O–H groups in total. The number of hydrogen-bond acceptors (Lipinski definition) is 2. The van der Waals surface area contributed by atoms with Crippen molar-refractivity contribution < 1.29 is 0 Å². The molecular formula is C14H28N2. The van der Waals surface area contributed by atoms with Crippen LogP contribution in [0, 0.1) is 17.3 Å². The monoisotopic (exact) mass is 224 g/mol. The molecule has 0 aromatic rings. The summed E-state index contributed by atoms with van der Waals surface area (Å²) in [4.78, 5) is 0. The molecule has 0 amide bonds. The van der Waals surface area contributed by atoms with Gasteiger partial charge in [-0.1, -0.05) is 13.8 Å². The van der Waals surface area contributed by atoms with Crippen LogP contribution in [0.1, 0.15) is 46.0 Å². The fraction of sp³-hybridized carbons (Fsp3) is 1.00. The van der Waals surface area contributed by atoms with Gasteiger partial charge in [-0.25, -0.2) is 0 Å². The second-order valence-corrected chi connectivity index (χ2v) is 6.08. The van der Waals surface area contributed by atoms with E-state index >= 15 is 0 Å². The lowest BCUT2D eigenvalue weighted by Crippen LogP contribution is -2.46. The van der Waals surface area contributed by atoms with Crippen LogP contribution in [-0.4, -0.2) is 26.2 Å². The lowest BCUT2D eigenvalue weighted by atomic mass is 9.78. The first kappa shape index (κ1) is 12.4. The molecule has 2 nitrogen and oxygen atoms in total. The van der Waals surface area contributed by atoms with Crippen molar-refractivity contribution in [1.29, 1.82) is 0 Å². The molecule has 16 heavy (non-hydrogen) atoms. The minimum absolute atomic E-state index is 0.543. The normalized spacial score (nSPS) is 32.6. The van der Waals surface area contributed by atoms with Crippen molar-refractivity contribution in [2.45, 2.75) is 46.0 Å². The Balaban J connectivity index is 1.69. The maximum absolute atomic E-state index is 3.73. The summed E-state index contributed by atoms with van der Waals surface area (Å²) in [6.45, 7) is 9.63. The van der Waals surface area contributed by atoms with Crippen molar-refractivity contribution in [1.82, 2.24) is 10.6 Å². The highest BCUT2D eigenvalue weighted by Crippen LogP contribution is 2.36. The fourth-order valence-corrected chi connectivity index (χ4v) is 3.00. The number of hydrogen-bond donors (Lipinski definition) is 2. The van der Waals surface area contributed by atoms with Gasteiger partial charge in [0.25, 0.3) is 0 Å². The van der Waals surface area contributed by atoms with Crippen LogP contribution < -0.4 is 10.6 Å². The first-order valence-electron chi connectivity index (χ1n) is 7.17. The van der Waals surface area contributed by atoms with Gasteiger partial charge in [-0.15, -0.1) is 0 Å². The van der Waals surface area contributed by atoms with Crippen molar-refractivity contribution in [3.05, 3.63) is 0 Å². The fourth-order valence-electron chi connectivity index (χ4n) is 3.00.